The third-order valence-electron chi connectivity index (χ3n) is 4.96. The fourth-order valence-corrected chi connectivity index (χ4v) is 3.21. The average Bonchev–Trinajstić information content (AvgIpc) is 3.54. The molecule has 0 saturated heterocycles. The lowest BCUT2D eigenvalue weighted by atomic mass is 10.1. The van der Waals surface area contributed by atoms with Crippen molar-refractivity contribution in [2.45, 2.75) is 73.8 Å². The molecule has 1 atom stereocenters. The summed E-state index contributed by atoms with van der Waals surface area (Å²) in [6.07, 6.45) is 22.5. The van der Waals surface area contributed by atoms with E-state index in [1.165, 1.54) is 11.3 Å². The van der Waals surface area contributed by atoms with Crippen LogP contribution in [-0.4, -0.2) is 55.1 Å². The number of methoxy groups -OCH3 is 1. The molecule has 228 valence electrons. The number of benzene rings is 1. The van der Waals surface area contributed by atoms with Crippen molar-refractivity contribution < 1.29 is 9.15 Å². The lowest BCUT2D eigenvalue weighted by Gasteiger charge is -2.09. The van der Waals surface area contributed by atoms with Gasteiger partial charge in [0, 0.05) is 32.1 Å². The van der Waals surface area contributed by atoms with E-state index in [-0.39, 0.29) is 6.04 Å². The fourth-order valence-electron chi connectivity index (χ4n) is 2.72. The second kappa shape index (κ2) is 28.1. The third-order valence-corrected chi connectivity index (χ3v) is 5.91. The summed E-state index contributed by atoms with van der Waals surface area (Å²) < 4.78 is 10.1. The second-order valence-corrected chi connectivity index (χ2v) is 9.06. The first-order chi connectivity index (χ1) is 19.9. The first-order valence-corrected chi connectivity index (χ1v) is 15.5. The van der Waals surface area contributed by atoms with Crippen molar-refractivity contribution in [2.24, 2.45) is 9.98 Å². The molecule has 1 aromatic heterocycles. The number of aromatic nitrogens is 2. The number of aliphatic imine (C=N–C) groups is 2. The maximum atomic E-state index is 5.14. The molecule has 0 radical (unpaired) electrons. The van der Waals surface area contributed by atoms with E-state index in [1.807, 2.05) is 103 Å². The minimum Gasteiger partial charge on any atom is -0.501 e. The van der Waals surface area contributed by atoms with Gasteiger partial charge in [0.15, 0.2) is 0 Å². The summed E-state index contributed by atoms with van der Waals surface area (Å²) in [5.74, 6) is 1.48. The topological polar surface area (TPSA) is 76.1 Å². The van der Waals surface area contributed by atoms with E-state index in [0.717, 1.165) is 36.1 Å². The minimum atomic E-state index is 0.129. The highest BCUT2D eigenvalue weighted by Crippen LogP contribution is 2.21. The first-order valence-electron chi connectivity index (χ1n) is 14.3. The third kappa shape index (κ3) is 21.1. The molecule has 0 N–H and O–H groups in total. The van der Waals surface area contributed by atoms with E-state index in [4.69, 9.17) is 9.15 Å². The Morgan fingerprint density at radius 1 is 1.10 bits per heavy atom. The molecule has 2 heterocycles. The molecule has 0 spiro atoms. The number of thioether (sulfide) groups is 1. The van der Waals surface area contributed by atoms with Gasteiger partial charge in [-0.25, -0.2) is 0 Å². The van der Waals surface area contributed by atoms with Crippen LogP contribution in [-0.2, 0) is 4.74 Å². The highest BCUT2D eigenvalue weighted by atomic mass is 32.2. The van der Waals surface area contributed by atoms with Crippen molar-refractivity contribution >= 4 is 24.3 Å². The molecule has 0 amide bonds. The van der Waals surface area contributed by atoms with Crippen molar-refractivity contribution in [3.63, 3.8) is 0 Å². The number of ether oxygens (including phenoxy) is 1. The van der Waals surface area contributed by atoms with Crippen molar-refractivity contribution in [1.82, 2.24) is 15.1 Å². The Morgan fingerprint density at radius 2 is 1.76 bits per heavy atom. The van der Waals surface area contributed by atoms with Crippen molar-refractivity contribution in [1.29, 1.82) is 0 Å². The zero-order valence-electron chi connectivity index (χ0n) is 27.2. The fraction of sp³-hybridized carbons (Fsp3) is 0.455. The highest BCUT2D eigenvalue weighted by molar-refractivity contribution is 8.02. The first kappa shape index (κ1) is 39.8. The summed E-state index contributed by atoms with van der Waals surface area (Å²) in [5.41, 5.74) is 2.07. The largest absolute Gasteiger partial charge is 0.501 e. The maximum Gasteiger partial charge on any atom is 0.247 e. The van der Waals surface area contributed by atoms with Crippen LogP contribution in [0.1, 0.15) is 79.3 Å². The number of hydrogen-bond acceptors (Lipinski definition) is 7. The summed E-state index contributed by atoms with van der Waals surface area (Å²) >= 11 is 1.78. The smallest absolute Gasteiger partial charge is 0.247 e. The molecule has 41 heavy (non-hydrogen) atoms. The van der Waals surface area contributed by atoms with Gasteiger partial charge in [-0.3, -0.25) is 9.98 Å². The molecule has 0 saturated carbocycles. The maximum absolute atomic E-state index is 5.14. The lowest BCUT2D eigenvalue weighted by Crippen LogP contribution is -2.08. The molecule has 8 heteroatoms. The van der Waals surface area contributed by atoms with Crippen LogP contribution < -0.4 is 0 Å². The van der Waals surface area contributed by atoms with Gasteiger partial charge in [-0.2, -0.15) is 0 Å². The highest BCUT2D eigenvalue weighted by Gasteiger charge is 2.06. The summed E-state index contributed by atoms with van der Waals surface area (Å²) in [5, 5.41) is 7.53. The number of rotatable bonds is 8. The van der Waals surface area contributed by atoms with Crippen molar-refractivity contribution in [3.05, 3.63) is 83.5 Å². The predicted octanol–water partition coefficient (Wildman–Crippen LogP) is 9.55. The van der Waals surface area contributed by atoms with Gasteiger partial charge in [-0.05, 0) is 80.2 Å². The monoisotopic (exact) mass is 583 g/mol. The molecule has 3 rings (SSSR count). The summed E-state index contributed by atoms with van der Waals surface area (Å²) in [6, 6.07) is 8.10. The predicted molar refractivity (Wildman–Crippen MR) is 182 cm³/mol. The Bertz CT molecular complexity index is 1020. The lowest BCUT2D eigenvalue weighted by molar-refractivity contribution is 0.294. The van der Waals surface area contributed by atoms with Crippen LogP contribution in [0, 0.1) is 0 Å². The average molecular weight is 584 g/mol. The zero-order valence-corrected chi connectivity index (χ0v) is 28.0. The van der Waals surface area contributed by atoms with Crippen molar-refractivity contribution in [3.8, 4) is 11.5 Å². The SMILES string of the molecule is C1=C/CC\C=C/N=C\1.CC.CC.CC(N=CN(C)C)c1ccc(-c2nnco2)cc1.CC/C(=C\C=C(/C)OC)SC. The van der Waals surface area contributed by atoms with Gasteiger partial charge in [0.05, 0.1) is 25.2 Å². The number of nitrogens with zero attached hydrogens (tertiary/aromatic N) is 5. The standard InChI is InChI=1S/C13H16N4O.C9H16OS.C7H9N.2C2H6/c1-10(14-8-17(2)3)11-4-6-12(7-5-11)13-16-15-9-18-13;1-5-9(11-4)7-6-8(2)10-3;1-2-4-6-8-7-5-3-1;2*1-2/h4-10H,1-3H3;6-7H,5H2,1-4H3;2,4-7H,1,3H2;2*1-2H3/b;8-6+,9-7+;4-2-,7-5-,8-6-;;. The van der Waals surface area contributed by atoms with E-state index >= 15 is 0 Å². The van der Waals surface area contributed by atoms with Gasteiger partial charge >= 0.3 is 0 Å². The molecule has 1 unspecified atom stereocenters. The van der Waals surface area contributed by atoms with Crippen LogP contribution in [0.4, 0.5) is 0 Å². The van der Waals surface area contributed by atoms with E-state index in [1.54, 1.807) is 25.1 Å². The van der Waals surface area contributed by atoms with Crippen LogP contribution in [0.15, 0.2) is 92.3 Å². The van der Waals surface area contributed by atoms with Crippen LogP contribution in [0.3, 0.4) is 0 Å². The molecular weight excluding hydrogens is 530 g/mol. The van der Waals surface area contributed by atoms with Crippen LogP contribution >= 0.6 is 11.8 Å². The van der Waals surface area contributed by atoms with Crippen LogP contribution in [0.2, 0.25) is 0 Å². The zero-order chi connectivity index (χ0) is 31.3. The van der Waals surface area contributed by atoms with Gasteiger partial charge in [0.2, 0.25) is 12.3 Å². The van der Waals surface area contributed by atoms with Crippen molar-refractivity contribution in [2.75, 3.05) is 27.5 Å². The molecule has 1 aromatic carbocycles. The van der Waals surface area contributed by atoms with E-state index in [2.05, 4.69) is 58.5 Å². The summed E-state index contributed by atoms with van der Waals surface area (Å²) in [4.78, 5) is 11.7. The quantitative estimate of drug-likeness (QED) is 0.133. The van der Waals surface area contributed by atoms with Crippen LogP contribution in [0.25, 0.3) is 11.5 Å². The number of hydrogen-bond donors (Lipinski definition) is 0. The van der Waals surface area contributed by atoms with E-state index in [0.29, 0.717) is 5.89 Å². The molecule has 0 fully saturated rings. The van der Waals surface area contributed by atoms with Crippen LogP contribution in [0.5, 0.6) is 0 Å². The van der Waals surface area contributed by atoms with Gasteiger partial charge in [-0.1, -0.05) is 58.9 Å². The van der Waals surface area contributed by atoms with Gasteiger partial charge in [0.1, 0.15) is 0 Å². The molecule has 0 bridgehead atoms. The Balaban J connectivity index is 0. The molecule has 7 nitrogen and oxygen atoms in total. The Hall–Kier alpha value is -3.39. The Labute approximate surface area is 254 Å². The van der Waals surface area contributed by atoms with Gasteiger partial charge < -0.3 is 14.1 Å². The Morgan fingerprint density at radius 3 is 2.29 bits per heavy atom. The minimum absolute atomic E-state index is 0.129. The van der Waals surface area contributed by atoms with E-state index in [9.17, 15) is 0 Å². The molecule has 1 aliphatic heterocycles. The summed E-state index contributed by atoms with van der Waals surface area (Å²) in [7, 11) is 5.59. The van der Waals surface area contributed by atoms with Gasteiger partial charge in [-0.15, -0.1) is 22.0 Å². The second-order valence-electron chi connectivity index (χ2n) is 8.13. The number of allylic oxidation sites excluding steroid dienone is 7. The molecule has 1 aliphatic rings. The normalized spacial score (nSPS) is 15.4. The van der Waals surface area contributed by atoms with Gasteiger partial charge in [0.25, 0.3) is 0 Å². The Kier molecular flexibility index (Phi) is 27.3. The molecule has 2 aromatic rings. The molecular formula is C33H53N5O2S. The van der Waals surface area contributed by atoms with E-state index < -0.39 is 0 Å². The molecule has 0 aliphatic carbocycles. The summed E-state index contributed by atoms with van der Waals surface area (Å²) in [6.45, 7) is 14.2.